The summed E-state index contributed by atoms with van der Waals surface area (Å²) in [4.78, 5) is 16.7. The second-order valence-corrected chi connectivity index (χ2v) is 3.92. The molecule has 0 aliphatic heterocycles. The monoisotopic (exact) mass is 245 g/mol. The molecule has 0 bridgehead atoms. The molecule has 0 saturated carbocycles. The highest BCUT2D eigenvalue weighted by atomic mass is 16.5. The highest BCUT2D eigenvalue weighted by Crippen LogP contribution is 2.17. The zero-order chi connectivity index (χ0) is 13.0. The fourth-order valence-corrected chi connectivity index (χ4v) is 1.36. The van der Waals surface area contributed by atoms with E-state index >= 15 is 0 Å². The van der Waals surface area contributed by atoms with E-state index in [9.17, 15) is 0 Å². The van der Waals surface area contributed by atoms with Crippen molar-refractivity contribution in [2.24, 2.45) is 0 Å². The number of anilines is 1. The van der Waals surface area contributed by atoms with Crippen molar-refractivity contribution in [3.8, 4) is 17.4 Å². The minimum atomic E-state index is 0.0128. The van der Waals surface area contributed by atoms with Crippen molar-refractivity contribution in [2.45, 2.75) is 20.0 Å². The van der Waals surface area contributed by atoms with Crippen molar-refractivity contribution >= 4 is 5.95 Å². The van der Waals surface area contributed by atoms with Crippen LogP contribution in [0.15, 0.2) is 24.5 Å². The molecule has 0 aromatic carbocycles. The van der Waals surface area contributed by atoms with Gasteiger partial charge < -0.3 is 10.1 Å². The molecule has 2 heterocycles. The maximum absolute atomic E-state index is 5.50. The first-order chi connectivity index (χ1) is 8.69. The third-order valence-electron chi connectivity index (χ3n) is 2.10. The lowest BCUT2D eigenvalue weighted by molar-refractivity contribution is 0.222. The van der Waals surface area contributed by atoms with Crippen LogP contribution in [0.3, 0.4) is 0 Å². The quantitative estimate of drug-likeness (QED) is 0.884. The van der Waals surface area contributed by atoms with Crippen LogP contribution in [0.25, 0.3) is 11.4 Å². The van der Waals surface area contributed by atoms with Gasteiger partial charge >= 0.3 is 6.01 Å². The molecular weight excluding hydrogens is 230 g/mol. The summed E-state index contributed by atoms with van der Waals surface area (Å²) in [5.74, 6) is 1.01. The molecule has 6 heteroatoms. The largest absolute Gasteiger partial charge is 0.461 e. The highest BCUT2D eigenvalue weighted by Gasteiger charge is 2.09. The summed E-state index contributed by atoms with van der Waals surface area (Å²) in [5.41, 5.74) is 0.824. The topological polar surface area (TPSA) is 72.8 Å². The fourth-order valence-electron chi connectivity index (χ4n) is 1.36. The second kappa shape index (κ2) is 5.39. The Bertz CT molecular complexity index is 515. The maximum Gasteiger partial charge on any atom is 0.322 e. The summed E-state index contributed by atoms with van der Waals surface area (Å²) in [5, 5.41) is 2.89. The highest BCUT2D eigenvalue weighted by molar-refractivity contribution is 5.54. The molecule has 2 aromatic rings. The van der Waals surface area contributed by atoms with Gasteiger partial charge in [0.25, 0.3) is 0 Å². The molecule has 18 heavy (non-hydrogen) atoms. The van der Waals surface area contributed by atoms with Gasteiger partial charge in [-0.25, -0.2) is 0 Å². The molecule has 0 unspecified atom stereocenters. The minimum Gasteiger partial charge on any atom is -0.461 e. The van der Waals surface area contributed by atoms with Crippen molar-refractivity contribution in [3.05, 3.63) is 24.5 Å². The first kappa shape index (κ1) is 12.2. The number of nitrogens with one attached hydrogen (secondary N) is 1. The Morgan fingerprint density at radius 1 is 1.22 bits per heavy atom. The summed E-state index contributed by atoms with van der Waals surface area (Å²) in [6.07, 6.45) is 3.42. The molecule has 0 atom stereocenters. The Hall–Kier alpha value is -2.24. The summed E-state index contributed by atoms with van der Waals surface area (Å²) < 4.78 is 5.50. The number of hydrogen-bond donors (Lipinski definition) is 1. The van der Waals surface area contributed by atoms with Gasteiger partial charge in [-0.1, -0.05) is 0 Å². The second-order valence-electron chi connectivity index (χ2n) is 3.92. The molecule has 0 amide bonds. The summed E-state index contributed by atoms with van der Waals surface area (Å²) in [6.45, 7) is 3.85. The smallest absolute Gasteiger partial charge is 0.322 e. The van der Waals surface area contributed by atoms with Gasteiger partial charge in [0, 0.05) is 25.0 Å². The molecule has 94 valence electrons. The number of pyridine rings is 1. The first-order valence-electron chi connectivity index (χ1n) is 5.70. The standard InChI is InChI=1S/C12H15N5O/c1-8(2)18-12-16-10(15-11(13-3)17-12)9-5-4-6-14-7-9/h4-8H,1-3H3,(H,13,15,16,17). The van der Waals surface area contributed by atoms with Crippen LogP contribution in [0.2, 0.25) is 0 Å². The molecule has 6 nitrogen and oxygen atoms in total. The molecule has 0 aliphatic rings. The van der Waals surface area contributed by atoms with Crippen molar-refractivity contribution in [1.82, 2.24) is 19.9 Å². The SMILES string of the molecule is CNc1nc(OC(C)C)nc(-c2cccnc2)n1. The Labute approximate surface area is 105 Å². The molecule has 0 saturated heterocycles. The van der Waals surface area contributed by atoms with Gasteiger partial charge in [0.1, 0.15) is 0 Å². The van der Waals surface area contributed by atoms with Crippen LogP contribution < -0.4 is 10.1 Å². The van der Waals surface area contributed by atoms with E-state index in [0.29, 0.717) is 17.8 Å². The van der Waals surface area contributed by atoms with Crippen LogP contribution in [0.4, 0.5) is 5.95 Å². The number of ether oxygens (including phenoxy) is 1. The van der Waals surface area contributed by atoms with Crippen LogP contribution in [0.1, 0.15) is 13.8 Å². The van der Waals surface area contributed by atoms with E-state index in [1.807, 2.05) is 26.0 Å². The van der Waals surface area contributed by atoms with Gasteiger partial charge in [-0.2, -0.15) is 15.0 Å². The minimum absolute atomic E-state index is 0.0128. The zero-order valence-corrected chi connectivity index (χ0v) is 10.6. The van der Waals surface area contributed by atoms with Gasteiger partial charge in [-0.05, 0) is 26.0 Å². The van der Waals surface area contributed by atoms with E-state index in [0.717, 1.165) is 5.56 Å². The zero-order valence-electron chi connectivity index (χ0n) is 10.6. The number of aromatic nitrogens is 4. The van der Waals surface area contributed by atoms with Crippen LogP contribution in [-0.4, -0.2) is 33.1 Å². The van der Waals surface area contributed by atoms with Crippen LogP contribution >= 0.6 is 0 Å². The normalized spacial score (nSPS) is 10.4. The first-order valence-corrected chi connectivity index (χ1v) is 5.70. The molecule has 2 rings (SSSR count). The van der Waals surface area contributed by atoms with Crippen molar-refractivity contribution in [1.29, 1.82) is 0 Å². The molecule has 1 N–H and O–H groups in total. The van der Waals surface area contributed by atoms with Crippen LogP contribution in [0.5, 0.6) is 6.01 Å². The molecule has 2 aromatic heterocycles. The Balaban J connectivity index is 2.41. The predicted molar refractivity (Wildman–Crippen MR) is 68.4 cm³/mol. The van der Waals surface area contributed by atoms with Gasteiger partial charge in [0.15, 0.2) is 5.82 Å². The maximum atomic E-state index is 5.50. The third kappa shape index (κ3) is 2.91. The Morgan fingerprint density at radius 3 is 2.67 bits per heavy atom. The summed E-state index contributed by atoms with van der Waals surface area (Å²) in [7, 11) is 1.75. The van der Waals surface area contributed by atoms with E-state index in [1.165, 1.54) is 0 Å². The number of rotatable bonds is 4. The van der Waals surface area contributed by atoms with Crippen molar-refractivity contribution in [2.75, 3.05) is 12.4 Å². The van der Waals surface area contributed by atoms with E-state index < -0.39 is 0 Å². The van der Waals surface area contributed by atoms with E-state index in [2.05, 4.69) is 25.3 Å². The lowest BCUT2D eigenvalue weighted by Gasteiger charge is -2.10. The average molecular weight is 245 g/mol. The lowest BCUT2D eigenvalue weighted by Crippen LogP contribution is -2.11. The van der Waals surface area contributed by atoms with E-state index in [1.54, 1.807) is 19.4 Å². The van der Waals surface area contributed by atoms with Gasteiger partial charge in [0.2, 0.25) is 5.95 Å². The lowest BCUT2D eigenvalue weighted by atomic mass is 10.3. The summed E-state index contributed by atoms with van der Waals surface area (Å²) in [6, 6.07) is 4.03. The summed E-state index contributed by atoms with van der Waals surface area (Å²) >= 11 is 0. The van der Waals surface area contributed by atoms with Crippen molar-refractivity contribution in [3.63, 3.8) is 0 Å². The average Bonchev–Trinajstić information content (AvgIpc) is 2.38. The molecule has 0 spiro atoms. The van der Waals surface area contributed by atoms with Gasteiger partial charge in [0.05, 0.1) is 6.10 Å². The van der Waals surface area contributed by atoms with Crippen molar-refractivity contribution < 1.29 is 4.74 Å². The van der Waals surface area contributed by atoms with Gasteiger partial charge in [-0.15, -0.1) is 0 Å². The fraction of sp³-hybridized carbons (Fsp3) is 0.333. The van der Waals surface area contributed by atoms with E-state index in [4.69, 9.17) is 4.74 Å². The Morgan fingerprint density at radius 2 is 2.06 bits per heavy atom. The third-order valence-corrected chi connectivity index (χ3v) is 2.10. The van der Waals surface area contributed by atoms with E-state index in [-0.39, 0.29) is 6.10 Å². The van der Waals surface area contributed by atoms with Gasteiger partial charge in [-0.3, -0.25) is 4.98 Å². The molecular formula is C12H15N5O. The predicted octanol–water partition coefficient (Wildman–Crippen LogP) is 1.76. The molecule has 0 radical (unpaired) electrons. The molecule has 0 fully saturated rings. The van der Waals surface area contributed by atoms with Crippen LogP contribution in [0, 0.1) is 0 Å². The van der Waals surface area contributed by atoms with Crippen LogP contribution in [-0.2, 0) is 0 Å². The number of hydrogen-bond acceptors (Lipinski definition) is 6. The number of nitrogens with zero attached hydrogens (tertiary/aromatic N) is 4. The Kier molecular flexibility index (Phi) is 3.66. The molecule has 0 aliphatic carbocycles.